The van der Waals surface area contributed by atoms with E-state index in [-0.39, 0.29) is 30.6 Å². The molecule has 40 heavy (non-hydrogen) atoms. The number of halogens is 3. The summed E-state index contributed by atoms with van der Waals surface area (Å²) >= 11 is 0. The predicted molar refractivity (Wildman–Crippen MR) is 144 cm³/mol. The fourth-order valence-electron chi connectivity index (χ4n) is 4.86. The molecule has 1 N–H and O–H groups in total. The number of nitrogens with zero attached hydrogens (tertiary/aromatic N) is 3. The topological polar surface area (TPSA) is 107 Å². The molecule has 2 amide bonds. The van der Waals surface area contributed by atoms with E-state index < -0.39 is 37.8 Å². The van der Waals surface area contributed by atoms with Crippen LogP contribution in [0.1, 0.15) is 36.8 Å². The summed E-state index contributed by atoms with van der Waals surface area (Å²) in [6, 6.07) is 9.44. The molecule has 14 heteroatoms. The van der Waals surface area contributed by atoms with Gasteiger partial charge in [-0.05, 0) is 67.6 Å². The molecule has 2 saturated heterocycles. The van der Waals surface area contributed by atoms with E-state index in [1.54, 1.807) is 4.90 Å². The summed E-state index contributed by atoms with van der Waals surface area (Å²) < 4.78 is 92.9. The average molecular weight is 601 g/mol. The first-order valence-electron chi connectivity index (χ1n) is 12.8. The molecule has 2 aromatic rings. The predicted octanol–water partition coefficient (Wildman–Crippen LogP) is 4.14. The molecule has 2 aliphatic heterocycles. The van der Waals surface area contributed by atoms with Crippen LogP contribution in [-0.4, -0.2) is 64.3 Å². The normalized spacial score (nSPS) is 18.7. The van der Waals surface area contributed by atoms with Crippen molar-refractivity contribution in [3.05, 3.63) is 71.6 Å². The van der Waals surface area contributed by atoms with Gasteiger partial charge in [0.25, 0.3) is 0 Å². The van der Waals surface area contributed by atoms with Crippen molar-refractivity contribution in [2.75, 3.05) is 31.1 Å². The fourth-order valence-corrected chi connectivity index (χ4v) is 7.10. The Morgan fingerprint density at radius 2 is 1.60 bits per heavy atom. The second-order valence-electron chi connectivity index (χ2n) is 9.72. The number of hydrogen-bond donors (Lipinski definition) is 1. The van der Waals surface area contributed by atoms with Crippen molar-refractivity contribution in [1.82, 2.24) is 13.9 Å². The van der Waals surface area contributed by atoms with Crippen molar-refractivity contribution >= 4 is 31.8 Å². The van der Waals surface area contributed by atoms with E-state index in [0.29, 0.717) is 37.2 Å². The lowest BCUT2D eigenvalue weighted by Gasteiger charge is -2.29. The SMILES string of the molecule is C=CS(=O)(=O)NC[C@H]1CCCN1S(=O)(=O)c1ccc(N(Cc2ccc(C(F)(F)F)cc2)C(=O)N2CCCC2)cc1. The van der Waals surface area contributed by atoms with Crippen LogP contribution in [0.25, 0.3) is 0 Å². The summed E-state index contributed by atoms with van der Waals surface area (Å²) in [5.74, 6) is 0. The molecule has 4 rings (SSSR count). The summed E-state index contributed by atoms with van der Waals surface area (Å²) in [6.45, 7) is 4.49. The summed E-state index contributed by atoms with van der Waals surface area (Å²) in [6.07, 6.45) is -1.73. The van der Waals surface area contributed by atoms with Gasteiger partial charge < -0.3 is 4.90 Å². The van der Waals surface area contributed by atoms with E-state index in [2.05, 4.69) is 11.3 Å². The molecule has 0 unspecified atom stereocenters. The summed E-state index contributed by atoms with van der Waals surface area (Å²) in [7, 11) is -7.68. The fraction of sp³-hybridized carbons (Fsp3) is 0.423. The van der Waals surface area contributed by atoms with Crippen LogP contribution in [0.2, 0.25) is 0 Å². The summed E-state index contributed by atoms with van der Waals surface area (Å²) in [5.41, 5.74) is 0.0901. The van der Waals surface area contributed by atoms with Gasteiger partial charge in [-0.15, -0.1) is 0 Å². The lowest BCUT2D eigenvalue weighted by Crippen LogP contribution is -2.42. The van der Waals surface area contributed by atoms with Gasteiger partial charge in [0.15, 0.2) is 0 Å². The smallest absolute Gasteiger partial charge is 0.324 e. The highest BCUT2D eigenvalue weighted by molar-refractivity contribution is 7.92. The summed E-state index contributed by atoms with van der Waals surface area (Å²) in [4.78, 5) is 16.4. The zero-order chi connectivity index (χ0) is 29.1. The van der Waals surface area contributed by atoms with Crippen molar-refractivity contribution in [3.8, 4) is 0 Å². The molecule has 0 aliphatic carbocycles. The first kappa shape index (κ1) is 30.0. The number of amides is 2. The van der Waals surface area contributed by atoms with Gasteiger partial charge in [0, 0.05) is 43.3 Å². The van der Waals surface area contributed by atoms with Crippen LogP contribution < -0.4 is 9.62 Å². The molecule has 0 spiro atoms. The maximum absolute atomic E-state index is 13.4. The van der Waals surface area contributed by atoms with E-state index in [0.717, 1.165) is 30.4 Å². The molecule has 0 aromatic heterocycles. The van der Waals surface area contributed by atoms with Crippen molar-refractivity contribution in [1.29, 1.82) is 0 Å². The molecule has 0 radical (unpaired) electrons. The third kappa shape index (κ3) is 6.85. The molecular formula is C26H31F3N4O5S2. The van der Waals surface area contributed by atoms with Crippen LogP contribution in [0, 0.1) is 0 Å². The minimum Gasteiger partial charge on any atom is -0.324 e. The van der Waals surface area contributed by atoms with E-state index in [1.807, 2.05) is 0 Å². The van der Waals surface area contributed by atoms with Gasteiger partial charge in [-0.3, -0.25) is 4.90 Å². The summed E-state index contributed by atoms with van der Waals surface area (Å²) in [5, 5.41) is 0.763. The Hall–Kier alpha value is -2.94. The number of sulfonamides is 2. The molecule has 2 aliphatic rings. The minimum atomic E-state index is -4.48. The number of urea groups is 1. The number of alkyl halides is 3. The maximum Gasteiger partial charge on any atom is 0.416 e. The zero-order valence-electron chi connectivity index (χ0n) is 21.7. The second kappa shape index (κ2) is 11.9. The van der Waals surface area contributed by atoms with Crippen LogP contribution >= 0.6 is 0 Å². The third-order valence-electron chi connectivity index (χ3n) is 7.05. The number of hydrogen-bond acceptors (Lipinski definition) is 5. The van der Waals surface area contributed by atoms with E-state index in [9.17, 15) is 34.8 Å². The second-order valence-corrected chi connectivity index (χ2v) is 13.3. The maximum atomic E-state index is 13.4. The standard InChI is InChI=1S/C26H31F3N4O5S2/c1-2-39(35,36)30-18-23-6-5-17-33(23)40(37,38)24-13-11-22(12-14-24)32(25(34)31-15-3-4-16-31)19-20-7-9-21(10-8-20)26(27,28)29/h2,7-14,23,30H,1,3-6,15-19H2/t23-/m1/s1. The van der Waals surface area contributed by atoms with Gasteiger partial charge in [0.1, 0.15) is 0 Å². The largest absolute Gasteiger partial charge is 0.416 e. The highest BCUT2D eigenvalue weighted by Gasteiger charge is 2.36. The average Bonchev–Trinajstić information content (AvgIpc) is 3.63. The van der Waals surface area contributed by atoms with Gasteiger partial charge in [0.05, 0.1) is 17.0 Å². The van der Waals surface area contributed by atoms with Gasteiger partial charge in [-0.25, -0.2) is 26.4 Å². The Bertz CT molecular complexity index is 1420. The molecule has 218 valence electrons. The molecule has 0 saturated carbocycles. The van der Waals surface area contributed by atoms with Crippen LogP contribution in [-0.2, 0) is 32.8 Å². The number of likely N-dealkylation sites (tertiary alicyclic amines) is 1. The van der Waals surface area contributed by atoms with Crippen molar-refractivity contribution in [2.45, 2.75) is 49.3 Å². The van der Waals surface area contributed by atoms with Crippen LogP contribution in [0.4, 0.5) is 23.7 Å². The number of carbonyl (C=O) groups excluding carboxylic acids is 1. The molecule has 2 fully saturated rings. The lowest BCUT2D eigenvalue weighted by atomic mass is 10.1. The number of rotatable bonds is 9. The quantitative estimate of drug-likeness (QED) is 0.466. The molecule has 1 atom stereocenters. The lowest BCUT2D eigenvalue weighted by molar-refractivity contribution is -0.137. The molecule has 2 heterocycles. The van der Waals surface area contributed by atoms with Crippen LogP contribution in [0.15, 0.2) is 65.4 Å². The number of anilines is 1. The van der Waals surface area contributed by atoms with Crippen LogP contribution in [0.3, 0.4) is 0 Å². The van der Waals surface area contributed by atoms with E-state index >= 15 is 0 Å². The molecule has 9 nitrogen and oxygen atoms in total. The van der Waals surface area contributed by atoms with Gasteiger partial charge >= 0.3 is 12.2 Å². The Morgan fingerprint density at radius 3 is 2.17 bits per heavy atom. The van der Waals surface area contributed by atoms with E-state index in [4.69, 9.17) is 0 Å². The highest BCUT2D eigenvalue weighted by Crippen LogP contribution is 2.31. The Labute approximate surface area is 232 Å². The van der Waals surface area contributed by atoms with Gasteiger partial charge in [-0.2, -0.15) is 17.5 Å². The monoisotopic (exact) mass is 600 g/mol. The first-order valence-corrected chi connectivity index (χ1v) is 15.8. The highest BCUT2D eigenvalue weighted by atomic mass is 32.2. The van der Waals surface area contributed by atoms with Crippen molar-refractivity contribution in [2.24, 2.45) is 0 Å². The Morgan fingerprint density at radius 1 is 0.975 bits per heavy atom. The van der Waals surface area contributed by atoms with Crippen molar-refractivity contribution in [3.63, 3.8) is 0 Å². The zero-order valence-corrected chi connectivity index (χ0v) is 23.3. The van der Waals surface area contributed by atoms with E-state index in [1.165, 1.54) is 45.6 Å². The number of nitrogens with one attached hydrogen (secondary N) is 1. The number of carbonyl (C=O) groups is 1. The molecule has 0 bridgehead atoms. The third-order valence-corrected chi connectivity index (χ3v) is 10.0. The first-order chi connectivity index (χ1) is 18.8. The molecular weight excluding hydrogens is 569 g/mol. The minimum absolute atomic E-state index is 0.00276. The number of benzene rings is 2. The Kier molecular flexibility index (Phi) is 8.93. The van der Waals surface area contributed by atoms with Gasteiger partial charge in [0.2, 0.25) is 20.0 Å². The van der Waals surface area contributed by atoms with Crippen LogP contribution in [0.5, 0.6) is 0 Å². The Balaban J connectivity index is 1.56. The molecule has 2 aromatic carbocycles. The van der Waals surface area contributed by atoms with Gasteiger partial charge in [-0.1, -0.05) is 18.7 Å². The van der Waals surface area contributed by atoms with Crippen molar-refractivity contribution < 1.29 is 34.8 Å².